The first-order valence-corrected chi connectivity index (χ1v) is 5.77. The second kappa shape index (κ2) is 4.15. The van der Waals surface area contributed by atoms with Gasteiger partial charge < -0.3 is 11.1 Å². The summed E-state index contributed by atoms with van der Waals surface area (Å²) in [5.41, 5.74) is 6.47. The third-order valence-electron chi connectivity index (χ3n) is 2.69. The zero-order chi connectivity index (χ0) is 11.8. The third kappa shape index (κ3) is 2.42. The quantitative estimate of drug-likeness (QED) is 0.816. The molecule has 1 aliphatic carbocycles. The Kier molecular flexibility index (Phi) is 3.00. The molecule has 5 heteroatoms. The average Bonchev–Trinajstić information content (AvgIpc) is 2.84. The van der Waals surface area contributed by atoms with E-state index in [4.69, 9.17) is 28.9 Å². The van der Waals surface area contributed by atoms with E-state index in [9.17, 15) is 4.79 Å². The van der Waals surface area contributed by atoms with Gasteiger partial charge in [-0.05, 0) is 18.6 Å². The summed E-state index contributed by atoms with van der Waals surface area (Å²) in [4.78, 5) is 11.1. The van der Waals surface area contributed by atoms with Gasteiger partial charge in [0.15, 0.2) is 0 Å². The molecule has 0 spiro atoms. The molecule has 3 nitrogen and oxygen atoms in total. The van der Waals surface area contributed by atoms with E-state index in [1.54, 1.807) is 12.1 Å². The Morgan fingerprint density at radius 2 is 2.12 bits per heavy atom. The molecule has 2 rings (SSSR count). The third-order valence-corrected chi connectivity index (χ3v) is 3.61. The van der Waals surface area contributed by atoms with Gasteiger partial charge >= 0.3 is 0 Å². The van der Waals surface area contributed by atoms with E-state index in [0.29, 0.717) is 12.1 Å². The van der Waals surface area contributed by atoms with Crippen molar-refractivity contribution in [1.29, 1.82) is 0 Å². The number of halogens is 2. The number of alkyl halides is 2. The summed E-state index contributed by atoms with van der Waals surface area (Å²) in [6.45, 7) is 0.650. The van der Waals surface area contributed by atoms with Crippen molar-refractivity contribution in [2.75, 3.05) is 11.9 Å². The fourth-order valence-corrected chi connectivity index (χ4v) is 2.10. The number of carbonyl (C=O) groups excluding carboxylic acids is 1. The standard InChI is InChI=1S/C11H12Cl2N2O/c12-11(13)5-7(11)6-15-9-4-2-1-3-8(9)10(14)16/h1-4,7,15H,5-6H2,(H2,14,16)/t7-/m0/s1. The lowest BCUT2D eigenvalue weighted by Gasteiger charge is -2.09. The molecular formula is C11H12Cl2N2O. The minimum absolute atomic E-state index is 0.233. The average molecular weight is 259 g/mol. The van der Waals surface area contributed by atoms with Crippen LogP contribution < -0.4 is 11.1 Å². The highest BCUT2D eigenvalue weighted by Crippen LogP contribution is 2.52. The number of anilines is 1. The molecule has 1 atom stereocenters. The van der Waals surface area contributed by atoms with Crippen molar-refractivity contribution < 1.29 is 4.79 Å². The second-order valence-electron chi connectivity index (χ2n) is 3.95. The summed E-state index contributed by atoms with van der Waals surface area (Å²) in [5, 5.41) is 3.14. The first-order chi connectivity index (χ1) is 7.50. The number of hydrogen-bond donors (Lipinski definition) is 2. The fourth-order valence-electron chi connectivity index (χ4n) is 1.58. The normalized spacial score (nSPS) is 21.5. The first kappa shape index (κ1) is 11.6. The summed E-state index contributed by atoms with van der Waals surface area (Å²) in [6, 6.07) is 7.12. The monoisotopic (exact) mass is 258 g/mol. The molecule has 0 aliphatic heterocycles. The van der Waals surface area contributed by atoms with E-state index >= 15 is 0 Å². The Balaban J connectivity index is 2.02. The van der Waals surface area contributed by atoms with Gasteiger partial charge in [-0.2, -0.15) is 0 Å². The van der Waals surface area contributed by atoms with E-state index < -0.39 is 10.2 Å². The second-order valence-corrected chi connectivity index (χ2v) is 5.50. The molecule has 3 N–H and O–H groups in total. The van der Waals surface area contributed by atoms with Gasteiger partial charge in [-0.25, -0.2) is 0 Å². The van der Waals surface area contributed by atoms with Crippen LogP contribution in [-0.4, -0.2) is 16.8 Å². The van der Waals surface area contributed by atoms with Crippen LogP contribution in [0.5, 0.6) is 0 Å². The molecule has 0 aromatic heterocycles. The van der Waals surface area contributed by atoms with Crippen molar-refractivity contribution in [1.82, 2.24) is 0 Å². The van der Waals surface area contributed by atoms with Gasteiger partial charge in [-0.1, -0.05) is 12.1 Å². The number of nitrogens with one attached hydrogen (secondary N) is 1. The van der Waals surface area contributed by atoms with Gasteiger partial charge in [-0.15, -0.1) is 23.2 Å². The first-order valence-electron chi connectivity index (χ1n) is 5.01. The summed E-state index contributed by atoms with van der Waals surface area (Å²) < 4.78 is -0.603. The van der Waals surface area contributed by atoms with Crippen molar-refractivity contribution in [3.8, 4) is 0 Å². The lowest BCUT2D eigenvalue weighted by atomic mass is 10.1. The van der Waals surface area contributed by atoms with Crippen molar-refractivity contribution in [2.45, 2.75) is 10.8 Å². The zero-order valence-corrected chi connectivity index (χ0v) is 10.1. The number of nitrogens with two attached hydrogens (primary N) is 1. The molecule has 0 unspecified atom stereocenters. The van der Waals surface area contributed by atoms with Crippen LogP contribution >= 0.6 is 23.2 Å². The lowest BCUT2D eigenvalue weighted by molar-refractivity contribution is 0.100. The Morgan fingerprint density at radius 1 is 1.50 bits per heavy atom. The van der Waals surface area contributed by atoms with Crippen LogP contribution in [0.15, 0.2) is 24.3 Å². The molecule has 1 fully saturated rings. The highest BCUT2D eigenvalue weighted by molar-refractivity contribution is 6.50. The van der Waals surface area contributed by atoms with Crippen LogP contribution in [0.2, 0.25) is 0 Å². The van der Waals surface area contributed by atoms with Gasteiger partial charge in [-0.3, -0.25) is 4.79 Å². The smallest absolute Gasteiger partial charge is 0.250 e. The topological polar surface area (TPSA) is 55.1 Å². The maximum atomic E-state index is 11.1. The van der Waals surface area contributed by atoms with Crippen molar-refractivity contribution in [3.63, 3.8) is 0 Å². The van der Waals surface area contributed by atoms with Crippen molar-refractivity contribution >= 4 is 34.8 Å². The molecule has 1 amide bonds. The fraction of sp³-hybridized carbons (Fsp3) is 0.364. The molecular weight excluding hydrogens is 247 g/mol. The van der Waals surface area contributed by atoms with Crippen LogP contribution in [0.4, 0.5) is 5.69 Å². The van der Waals surface area contributed by atoms with Crippen LogP contribution in [0.3, 0.4) is 0 Å². The Labute approximate surface area is 104 Å². The van der Waals surface area contributed by atoms with Crippen LogP contribution in [0, 0.1) is 5.92 Å². The number of para-hydroxylation sites is 1. The van der Waals surface area contributed by atoms with Crippen LogP contribution in [0.25, 0.3) is 0 Å². The van der Waals surface area contributed by atoms with Crippen molar-refractivity contribution in [3.05, 3.63) is 29.8 Å². The molecule has 0 saturated heterocycles. The van der Waals surface area contributed by atoms with Gasteiger partial charge in [0.1, 0.15) is 4.33 Å². The van der Waals surface area contributed by atoms with Gasteiger partial charge in [0, 0.05) is 18.2 Å². The highest BCUT2D eigenvalue weighted by Gasteiger charge is 2.51. The largest absolute Gasteiger partial charge is 0.384 e. The van der Waals surface area contributed by atoms with E-state index in [-0.39, 0.29) is 5.92 Å². The highest BCUT2D eigenvalue weighted by atomic mass is 35.5. The molecule has 1 aliphatic rings. The summed E-state index contributed by atoms with van der Waals surface area (Å²) >= 11 is 11.8. The van der Waals surface area contributed by atoms with E-state index in [1.807, 2.05) is 12.1 Å². The van der Waals surface area contributed by atoms with Crippen LogP contribution in [0.1, 0.15) is 16.8 Å². The molecule has 1 aromatic carbocycles. The SMILES string of the molecule is NC(=O)c1ccccc1NC[C@@H]1CC1(Cl)Cl. The minimum Gasteiger partial charge on any atom is -0.384 e. The molecule has 0 bridgehead atoms. The Hall–Kier alpha value is -0.930. The molecule has 86 valence electrons. The van der Waals surface area contributed by atoms with E-state index in [0.717, 1.165) is 12.1 Å². The van der Waals surface area contributed by atoms with Crippen molar-refractivity contribution in [2.24, 2.45) is 11.7 Å². The number of carbonyl (C=O) groups is 1. The predicted molar refractivity (Wildman–Crippen MR) is 66.0 cm³/mol. The summed E-state index contributed by atoms with van der Waals surface area (Å²) in [6.07, 6.45) is 0.780. The van der Waals surface area contributed by atoms with Gasteiger partial charge in [0.05, 0.1) is 5.56 Å². The van der Waals surface area contributed by atoms with E-state index in [1.165, 1.54) is 0 Å². The lowest BCUT2D eigenvalue weighted by Crippen LogP contribution is -2.16. The summed E-state index contributed by atoms with van der Waals surface area (Å²) in [5.74, 6) is -0.210. The minimum atomic E-state index is -0.603. The predicted octanol–water partition coefficient (Wildman–Crippen LogP) is 2.39. The zero-order valence-electron chi connectivity index (χ0n) is 8.54. The molecule has 0 heterocycles. The Morgan fingerprint density at radius 3 is 2.69 bits per heavy atom. The number of benzene rings is 1. The molecule has 1 aromatic rings. The number of amides is 1. The van der Waals surface area contributed by atoms with Gasteiger partial charge in [0.25, 0.3) is 5.91 Å². The Bertz CT molecular complexity index is 420. The molecule has 0 radical (unpaired) electrons. The number of hydrogen-bond acceptors (Lipinski definition) is 2. The van der Waals surface area contributed by atoms with E-state index in [2.05, 4.69) is 5.32 Å². The summed E-state index contributed by atoms with van der Waals surface area (Å²) in [7, 11) is 0. The maximum Gasteiger partial charge on any atom is 0.250 e. The van der Waals surface area contributed by atoms with Crippen LogP contribution in [-0.2, 0) is 0 Å². The number of primary amides is 1. The molecule has 1 saturated carbocycles. The maximum absolute atomic E-state index is 11.1. The number of rotatable bonds is 4. The van der Waals surface area contributed by atoms with Gasteiger partial charge in [0.2, 0.25) is 0 Å². The molecule has 16 heavy (non-hydrogen) atoms.